The van der Waals surface area contributed by atoms with Crippen LogP contribution in [0.15, 0.2) is 66.7 Å². The number of carbonyl (C=O) groups excluding carboxylic acids is 1. The molecule has 0 aromatic heterocycles. The molecule has 0 saturated heterocycles. The molecule has 0 saturated carbocycles. The largest absolute Gasteiger partial charge is 0.444 e. The van der Waals surface area contributed by atoms with Gasteiger partial charge in [0.25, 0.3) is 0 Å². The molecule has 0 radical (unpaired) electrons. The molecule has 2 aromatic rings. The molecule has 0 bridgehead atoms. The fourth-order valence-corrected chi connectivity index (χ4v) is 2.48. The van der Waals surface area contributed by atoms with Crippen LogP contribution in [0, 0.1) is 0 Å². The number of hydrogen-bond acceptors (Lipinski definition) is 3. The zero-order valence-electron chi connectivity index (χ0n) is 15.6. The summed E-state index contributed by atoms with van der Waals surface area (Å²) in [6.07, 6.45) is 2.79. The Morgan fingerprint density at radius 3 is 2.23 bits per heavy atom. The van der Waals surface area contributed by atoms with Gasteiger partial charge in [0, 0.05) is 6.42 Å². The van der Waals surface area contributed by atoms with Gasteiger partial charge in [0.2, 0.25) is 0 Å². The number of carbonyl (C=O) groups is 1. The molecule has 4 nitrogen and oxygen atoms in total. The number of amides is 1. The van der Waals surface area contributed by atoms with Crippen molar-refractivity contribution in [2.45, 2.75) is 44.9 Å². The van der Waals surface area contributed by atoms with Crippen LogP contribution in [-0.4, -0.2) is 28.9 Å². The minimum atomic E-state index is -0.773. The smallest absolute Gasteiger partial charge is 0.408 e. The maximum atomic E-state index is 12.2. The fraction of sp³-hybridized carbons (Fsp3) is 0.318. The average molecular weight is 353 g/mol. The van der Waals surface area contributed by atoms with Crippen LogP contribution >= 0.6 is 0 Å². The van der Waals surface area contributed by atoms with Crippen molar-refractivity contribution < 1.29 is 14.6 Å². The van der Waals surface area contributed by atoms with Crippen LogP contribution in [-0.2, 0) is 11.2 Å². The van der Waals surface area contributed by atoms with Crippen molar-refractivity contribution in [2.75, 3.05) is 0 Å². The van der Waals surface area contributed by atoms with E-state index in [0.29, 0.717) is 6.42 Å². The van der Waals surface area contributed by atoms with Gasteiger partial charge >= 0.3 is 6.09 Å². The van der Waals surface area contributed by atoms with E-state index in [1.165, 1.54) is 0 Å². The summed E-state index contributed by atoms with van der Waals surface area (Å²) in [5, 5.41) is 13.4. The molecule has 2 N–H and O–H groups in total. The van der Waals surface area contributed by atoms with Crippen molar-refractivity contribution in [2.24, 2.45) is 0 Å². The van der Waals surface area contributed by atoms with Crippen LogP contribution in [0.4, 0.5) is 4.79 Å². The summed E-state index contributed by atoms with van der Waals surface area (Å²) in [5.74, 6) is 0. The van der Waals surface area contributed by atoms with Crippen LogP contribution < -0.4 is 5.32 Å². The van der Waals surface area contributed by atoms with E-state index in [1.807, 2.05) is 87.5 Å². The molecule has 0 aliphatic heterocycles. The van der Waals surface area contributed by atoms with E-state index in [4.69, 9.17) is 4.74 Å². The first-order chi connectivity index (χ1) is 12.3. The summed E-state index contributed by atoms with van der Waals surface area (Å²) >= 11 is 0. The van der Waals surface area contributed by atoms with Gasteiger partial charge in [-0.05, 0) is 31.9 Å². The number of alkyl carbamates (subject to hydrolysis) is 1. The molecule has 26 heavy (non-hydrogen) atoms. The van der Waals surface area contributed by atoms with E-state index < -0.39 is 23.8 Å². The topological polar surface area (TPSA) is 58.6 Å². The molecule has 1 amide bonds. The maximum Gasteiger partial charge on any atom is 0.408 e. The van der Waals surface area contributed by atoms with Crippen molar-refractivity contribution >= 4 is 12.2 Å². The second-order valence-corrected chi connectivity index (χ2v) is 7.20. The number of benzene rings is 2. The molecule has 2 rings (SSSR count). The van der Waals surface area contributed by atoms with Crippen molar-refractivity contribution in [1.82, 2.24) is 5.32 Å². The first-order valence-corrected chi connectivity index (χ1v) is 8.78. The highest BCUT2D eigenvalue weighted by Crippen LogP contribution is 2.12. The Labute approximate surface area is 155 Å². The fourth-order valence-electron chi connectivity index (χ4n) is 2.48. The lowest BCUT2D eigenvalue weighted by atomic mass is 10.0. The number of aliphatic hydroxyl groups excluding tert-OH is 1. The monoisotopic (exact) mass is 353 g/mol. The van der Waals surface area contributed by atoms with Gasteiger partial charge in [-0.1, -0.05) is 72.8 Å². The van der Waals surface area contributed by atoms with Crippen LogP contribution in [0.1, 0.15) is 31.9 Å². The number of rotatable bonds is 6. The second-order valence-electron chi connectivity index (χ2n) is 7.20. The molecule has 2 atom stereocenters. The van der Waals surface area contributed by atoms with Gasteiger partial charge in [-0.3, -0.25) is 0 Å². The first-order valence-electron chi connectivity index (χ1n) is 8.78. The molecule has 138 valence electrons. The number of ether oxygens (including phenoxy) is 1. The van der Waals surface area contributed by atoms with Crippen LogP contribution in [0.5, 0.6) is 0 Å². The Kier molecular flexibility index (Phi) is 6.98. The molecule has 0 unspecified atom stereocenters. The van der Waals surface area contributed by atoms with Gasteiger partial charge in [-0.25, -0.2) is 4.79 Å². The van der Waals surface area contributed by atoms with E-state index >= 15 is 0 Å². The molecular formula is C22H27NO3. The predicted octanol–water partition coefficient (Wildman–Crippen LogP) is 4.20. The van der Waals surface area contributed by atoms with Gasteiger partial charge in [-0.2, -0.15) is 0 Å². The molecule has 0 heterocycles. The van der Waals surface area contributed by atoms with E-state index in [1.54, 1.807) is 6.08 Å². The molecular weight excluding hydrogens is 326 g/mol. The van der Waals surface area contributed by atoms with Gasteiger partial charge in [0.1, 0.15) is 5.60 Å². The van der Waals surface area contributed by atoms with E-state index in [2.05, 4.69) is 5.32 Å². The van der Waals surface area contributed by atoms with Gasteiger partial charge in [-0.15, -0.1) is 0 Å². The summed E-state index contributed by atoms with van der Waals surface area (Å²) < 4.78 is 5.33. The zero-order valence-corrected chi connectivity index (χ0v) is 15.6. The summed E-state index contributed by atoms with van der Waals surface area (Å²) in [7, 11) is 0. The molecule has 2 aromatic carbocycles. The zero-order chi connectivity index (χ0) is 19.0. The number of hydrogen-bond donors (Lipinski definition) is 2. The van der Waals surface area contributed by atoms with Crippen LogP contribution in [0.3, 0.4) is 0 Å². The minimum absolute atomic E-state index is 0.431. The van der Waals surface area contributed by atoms with Crippen molar-refractivity contribution in [3.63, 3.8) is 0 Å². The summed E-state index contributed by atoms with van der Waals surface area (Å²) in [6, 6.07) is 18.9. The second kappa shape index (κ2) is 9.20. The lowest BCUT2D eigenvalue weighted by Gasteiger charge is -2.25. The Balaban J connectivity index is 2.11. The van der Waals surface area contributed by atoms with Crippen molar-refractivity contribution in [3.8, 4) is 0 Å². The van der Waals surface area contributed by atoms with E-state index in [0.717, 1.165) is 11.1 Å². The normalized spacial score (nSPS) is 14.0. The van der Waals surface area contributed by atoms with Crippen molar-refractivity contribution in [3.05, 3.63) is 77.9 Å². The molecule has 0 aliphatic carbocycles. The van der Waals surface area contributed by atoms with Crippen LogP contribution in [0.25, 0.3) is 6.08 Å². The Morgan fingerprint density at radius 1 is 1.08 bits per heavy atom. The van der Waals surface area contributed by atoms with E-state index in [9.17, 15) is 9.90 Å². The third-order valence-electron chi connectivity index (χ3n) is 3.68. The van der Waals surface area contributed by atoms with Crippen LogP contribution in [0.2, 0.25) is 0 Å². The highest BCUT2D eigenvalue weighted by Gasteiger charge is 2.23. The predicted molar refractivity (Wildman–Crippen MR) is 105 cm³/mol. The summed E-state index contributed by atoms with van der Waals surface area (Å²) in [6.45, 7) is 5.42. The summed E-state index contributed by atoms with van der Waals surface area (Å²) in [4.78, 5) is 12.2. The third kappa shape index (κ3) is 7.11. The third-order valence-corrected chi connectivity index (χ3v) is 3.68. The first kappa shape index (κ1) is 19.7. The van der Waals surface area contributed by atoms with E-state index in [-0.39, 0.29) is 0 Å². The Morgan fingerprint density at radius 2 is 1.65 bits per heavy atom. The highest BCUT2D eigenvalue weighted by atomic mass is 16.6. The lowest BCUT2D eigenvalue weighted by molar-refractivity contribution is 0.0455. The number of aliphatic hydroxyl groups is 1. The Bertz CT molecular complexity index is 705. The summed E-state index contributed by atoms with van der Waals surface area (Å²) in [5.41, 5.74) is 1.40. The van der Waals surface area contributed by atoms with Gasteiger partial charge < -0.3 is 15.2 Å². The maximum absolute atomic E-state index is 12.2. The lowest BCUT2D eigenvalue weighted by Crippen LogP contribution is -2.45. The molecule has 4 heteroatoms. The highest BCUT2D eigenvalue weighted by molar-refractivity contribution is 5.69. The molecule has 0 aliphatic rings. The Hall–Kier alpha value is -2.59. The van der Waals surface area contributed by atoms with Crippen molar-refractivity contribution in [1.29, 1.82) is 0 Å². The molecule has 0 spiro atoms. The average Bonchev–Trinajstić information content (AvgIpc) is 2.58. The molecule has 0 fully saturated rings. The quantitative estimate of drug-likeness (QED) is 0.818. The SMILES string of the molecule is CC(C)(C)OC(=O)N[C@@H](/C=C/c1ccccc1)[C@@H](O)Cc1ccccc1. The number of nitrogens with one attached hydrogen (secondary N) is 1. The van der Waals surface area contributed by atoms with Gasteiger partial charge in [0.15, 0.2) is 0 Å². The minimum Gasteiger partial charge on any atom is -0.444 e. The van der Waals surface area contributed by atoms with Gasteiger partial charge in [0.05, 0.1) is 12.1 Å². The standard InChI is InChI=1S/C22H27NO3/c1-22(2,3)26-21(25)23-19(15-14-17-10-6-4-7-11-17)20(24)16-18-12-8-5-9-13-18/h4-15,19-20,24H,16H2,1-3H3,(H,23,25)/b15-14+/t19-,20-/m0/s1.